The number of halogens is 1. The van der Waals surface area contributed by atoms with E-state index in [0.717, 1.165) is 17.5 Å². The maximum absolute atomic E-state index is 13.6. The fourth-order valence-corrected chi connectivity index (χ4v) is 1.85. The lowest BCUT2D eigenvalue weighted by Gasteiger charge is -2.17. The molecule has 130 valence electrons. The zero-order valence-electron chi connectivity index (χ0n) is 14.5. The van der Waals surface area contributed by atoms with Gasteiger partial charge in [-0.05, 0) is 32.1 Å². The van der Waals surface area contributed by atoms with Gasteiger partial charge in [-0.15, -0.1) is 0 Å². The molecule has 25 heavy (non-hydrogen) atoms. The molecule has 1 rings (SSSR count). The summed E-state index contributed by atoms with van der Waals surface area (Å²) in [7, 11) is 1.78. The molecule has 0 saturated heterocycles. The molecule has 0 bridgehead atoms. The van der Waals surface area contributed by atoms with Crippen molar-refractivity contribution in [2.75, 3.05) is 17.4 Å². The van der Waals surface area contributed by atoms with Crippen LogP contribution in [0.2, 0.25) is 0 Å². The summed E-state index contributed by atoms with van der Waals surface area (Å²) in [4.78, 5) is 4.30. The summed E-state index contributed by atoms with van der Waals surface area (Å²) in [5.41, 5.74) is 7.77. The van der Waals surface area contributed by atoms with Crippen molar-refractivity contribution < 1.29 is 4.39 Å². The average Bonchev–Trinajstić information content (AvgIpc) is 2.58. The van der Waals surface area contributed by atoms with Crippen LogP contribution in [0.3, 0.4) is 0 Å². The smallest absolute Gasteiger partial charge is 0.146 e. The second-order valence-corrected chi connectivity index (χ2v) is 5.15. The first kappa shape index (κ1) is 19.6. The number of nitrogens with one attached hydrogen (secondary N) is 1. The van der Waals surface area contributed by atoms with Gasteiger partial charge in [0, 0.05) is 19.0 Å². The van der Waals surface area contributed by atoms with Crippen LogP contribution < -0.4 is 16.1 Å². The number of nitrogens with zero attached hydrogens (tertiary/aromatic N) is 4. The van der Waals surface area contributed by atoms with Crippen molar-refractivity contribution >= 4 is 17.6 Å². The number of anilines is 2. The number of hydrogen-bond acceptors (Lipinski definition) is 6. The van der Waals surface area contributed by atoms with Crippen LogP contribution in [-0.4, -0.2) is 18.2 Å². The van der Waals surface area contributed by atoms with E-state index in [4.69, 9.17) is 5.73 Å². The first-order valence-electron chi connectivity index (χ1n) is 7.35. The number of hydrogen-bond donors (Lipinski definition) is 2. The number of nitrogens with two attached hydrogens (primary N) is 1. The van der Waals surface area contributed by atoms with Crippen molar-refractivity contribution in [2.45, 2.75) is 13.8 Å². The van der Waals surface area contributed by atoms with Gasteiger partial charge in [0.1, 0.15) is 11.9 Å². The molecule has 0 spiro atoms. The van der Waals surface area contributed by atoms with E-state index in [0.29, 0.717) is 11.4 Å². The number of hydrazone groups is 1. The second-order valence-electron chi connectivity index (χ2n) is 5.15. The lowest BCUT2D eigenvalue weighted by atomic mass is 10.2. The first-order valence-corrected chi connectivity index (χ1v) is 7.35. The van der Waals surface area contributed by atoms with Gasteiger partial charge in [-0.25, -0.2) is 4.39 Å². The Hall–Kier alpha value is -3.40. The lowest BCUT2D eigenvalue weighted by Crippen LogP contribution is -2.11. The average molecular weight is 340 g/mol. The van der Waals surface area contributed by atoms with Crippen LogP contribution in [0, 0.1) is 18.3 Å². The summed E-state index contributed by atoms with van der Waals surface area (Å²) in [5.74, 6) is -0.751. The number of pyridine rings is 1. The molecule has 1 aromatic heterocycles. The Morgan fingerprint density at radius 3 is 2.80 bits per heavy atom. The molecule has 0 aliphatic heterocycles. The third-order valence-corrected chi connectivity index (χ3v) is 3.19. The molecule has 1 aromatic rings. The van der Waals surface area contributed by atoms with E-state index in [1.54, 1.807) is 37.5 Å². The third kappa shape index (κ3) is 5.62. The van der Waals surface area contributed by atoms with E-state index in [-0.39, 0.29) is 11.3 Å². The van der Waals surface area contributed by atoms with E-state index in [1.807, 2.05) is 19.1 Å². The maximum atomic E-state index is 13.6. The SMILES string of the molecule is C=C/C=N\N(C)c1cc(N/C(C)=C(C#N)/C=C(/F)C(=C)N)cnc1C. The molecule has 1 heterocycles. The number of allylic oxidation sites excluding steroid dienone is 5. The summed E-state index contributed by atoms with van der Waals surface area (Å²) >= 11 is 0. The van der Waals surface area contributed by atoms with Crippen LogP contribution in [0.5, 0.6) is 0 Å². The zero-order valence-corrected chi connectivity index (χ0v) is 14.5. The molecule has 0 amide bonds. The van der Waals surface area contributed by atoms with Crippen LogP contribution in [-0.2, 0) is 0 Å². The molecule has 0 aliphatic carbocycles. The molecular formula is C18H21FN6. The van der Waals surface area contributed by atoms with Crippen molar-refractivity contribution in [3.63, 3.8) is 0 Å². The Labute approximate surface area is 147 Å². The summed E-state index contributed by atoms with van der Waals surface area (Å²) in [6, 6.07) is 3.75. The van der Waals surface area contributed by atoms with Crippen LogP contribution in [0.1, 0.15) is 12.6 Å². The van der Waals surface area contributed by atoms with Crippen molar-refractivity contribution in [2.24, 2.45) is 10.8 Å². The maximum Gasteiger partial charge on any atom is 0.146 e. The van der Waals surface area contributed by atoms with E-state index >= 15 is 0 Å². The molecule has 0 unspecified atom stereocenters. The lowest BCUT2D eigenvalue weighted by molar-refractivity contribution is 0.649. The highest BCUT2D eigenvalue weighted by molar-refractivity contribution is 5.72. The number of rotatable bonds is 7. The first-order chi connectivity index (χ1) is 11.8. The van der Waals surface area contributed by atoms with Crippen molar-refractivity contribution in [1.82, 2.24) is 4.98 Å². The molecule has 0 atom stereocenters. The Bertz CT molecular complexity index is 798. The summed E-state index contributed by atoms with van der Waals surface area (Å²) in [6.07, 6.45) is 5.78. The van der Waals surface area contributed by atoms with Gasteiger partial charge < -0.3 is 11.1 Å². The van der Waals surface area contributed by atoms with Gasteiger partial charge in [0.15, 0.2) is 0 Å². The second kappa shape index (κ2) is 9.03. The van der Waals surface area contributed by atoms with Gasteiger partial charge in [0.25, 0.3) is 0 Å². The molecule has 6 nitrogen and oxygen atoms in total. The normalized spacial score (nSPS) is 12.4. The summed E-state index contributed by atoms with van der Waals surface area (Å²) in [6.45, 7) is 10.4. The van der Waals surface area contributed by atoms with Crippen LogP contribution in [0.25, 0.3) is 0 Å². The minimum absolute atomic E-state index is 0.101. The van der Waals surface area contributed by atoms with E-state index in [2.05, 4.69) is 28.6 Å². The highest BCUT2D eigenvalue weighted by atomic mass is 19.1. The van der Waals surface area contributed by atoms with Crippen molar-refractivity contribution in [3.05, 3.63) is 66.1 Å². The monoisotopic (exact) mass is 340 g/mol. The van der Waals surface area contributed by atoms with Crippen molar-refractivity contribution in [1.29, 1.82) is 5.26 Å². The van der Waals surface area contributed by atoms with E-state index in [1.165, 1.54) is 0 Å². The van der Waals surface area contributed by atoms with Gasteiger partial charge >= 0.3 is 0 Å². The van der Waals surface area contributed by atoms with Gasteiger partial charge in [0.05, 0.1) is 34.5 Å². The molecule has 0 radical (unpaired) electrons. The zero-order chi connectivity index (χ0) is 19.0. The number of aromatic nitrogens is 1. The summed E-state index contributed by atoms with van der Waals surface area (Å²) < 4.78 is 13.6. The topological polar surface area (TPSA) is 90.3 Å². The standard InChI is InChI=1S/C18H21FN6/c1-6-7-23-25(5)18-9-16(11-22-14(18)4)24-13(3)15(10-20)8-17(19)12(2)21/h6-9,11,24H,1-2,21H2,3-5H3/b15-13-,17-8+,23-7-. The van der Waals surface area contributed by atoms with Crippen molar-refractivity contribution in [3.8, 4) is 6.07 Å². The van der Waals surface area contributed by atoms with Gasteiger partial charge in [-0.2, -0.15) is 10.4 Å². The Morgan fingerprint density at radius 1 is 1.56 bits per heavy atom. The Kier molecular flexibility index (Phi) is 7.10. The van der Waals surface area contributed by atoms with Crippen LogP contribution in [0.4, 0.5) is 15.8 Å². The number of aryl methyl sites for hydroxylation is 1. The minimum atomic E-state index is -0.751. The van der Waals surface area contributed by atoms with E-state index in [9.17, 15) is 9.65 Å². The number of nitriles is 1. The molecule has 7 heteroatoms. The van der Waals surface area contributed by atoms with E-state index < -0.39 is 5.83 Å². The molecule has 0 saturated carbocycles. The highest BCUT2D eigenvalue weighted by Crippen LogP contribution is 2.23. The quantitative estimate of drug-likeness (QED) is 0.343. The van der Waals surface area contributed by atoms with Crippen LogP contribution in [0.15, 0.2) is 65.5 Å². The molecule has 0 aromatic carbocycles. The molecule has 0 aliphatic rings. The fraction of sp³-hybridized carbons (Fsp3) is 0.167. The molecular weight excluding hydrogens is 319 g/mol. The van der Waals surface area contributed by atoms with Gasteiger partial charge in [-0.1, -0.05) is 13.2 Å². The third-order valence-electron chi connectivity index (χ3n) is 3.19. The predicted molar refractivity (Wildman–Crippen MR) is 101 cm³/mol. The van der Waals surface area contributed by atoms with Crippen LogP contribution >= 0.6 is 0 Å². The highest BCUT2D eigenvalue weighted by Gasteiger charge is 2.08. The van der Waals surface area contributed by atoms with Gasteiger partial charge in [0.2, 0.25) is 0 Å². The fourth-order valence-electron chi connectivity index (χ4n) is 1.85. The molecule has 3 N–H and O–H groups in total. The Morgan fingerprint density at radius 2 is 2.24 bits per heavy atom. The summed E-state index contributed by atoms with van der Waals surface area (Å²) in [5, 5.41) is 18.1. The molecule has 0 fully saturated rings. The minimum Gasteiger partial charge on any atom is -0.397 e. The largest absolute Gasteiger partial charge is 0.397 e. The van der Waals surface area contributed by atoms with Gasteiger partial charge in [-0.3, -0.25) is 9.99 Å². The predicted octanol–water partition coefficient (Wildman–Crippen LogP) is 3.53. The Balaban J connectivity index is 3.18.